The molecule has 0 bridgehead atoms. The summed E-state index contributed by atoms with van der Waals surface area (Å²) in [6.07, 6.45) is 2.60. The van der Waals surface area contributed by atoms with Gasteiger partial charge in [-0.3, -0.25) is 14.4 Å². The van der Waals surface area contributed by atoms with Crippen LogP contribution in [0.15, 0.2) is 29.2 Å². The topological polar surface area (TPSA) is 190 Å². The number of rotatable bonds is 5. The van der Waals surface area contributed by atoms with E-state index in [1.165, 1.54) is 0 Å². The van der Waals surface area contributed by atoms with Gasteiger partial charge in [-0.2, -0.15) is 0 Å². The number of aromatic hydroxyl groups is 1. The highest BCUT2D eigenvalue weighted by Gasteiger charge is 2.60. The maximum atomic E-state index is 13.7. The summed E-state index contributed by atoms with van der Waals surface area (Å²) in [5, 5.41) is 44.9. The molecule has 0 unspecified atom stereocenters. The first-order valence-corrected chi connectivity index (χ1v) is 12.4. The lowest BCUT2D eigenvalue weighted by molar-refractivity contribution is -0.147. The number of nitrogens with two attached hydrogens (primary N) is 1. The molecule has 0 aliphatic heterocycles. The third-order valence-corrected chi connectivity index (χ3v) is 7.99. The summed E-state index contributed by atoms with van der Waals surface area (Å²) in [7, 11) is 3.67. The second-order valence-corrected chi connectivity index (χ2v) is 10.6. The second-order valence-electron chi connectivity index (χ2n) is 10.6. The Morgan fingerprint density at radius 3 is 2.53 bits per heavy atom. The number of carbonyl (C=O) groups excluding carboxylic acids is 3. The molecule has 0 spiro atoms. The van der Waals surface area contributed by atoms with Crippen molar-refractivity contribution in [2.24, 2.45) is 17.6 Å². The van der Waals surface area contributed by atoms with Crippen LogP contribution in [0.1, 0.15) is 41.1 Å². The first kappa shape index (κ1) is 25.5. The smallest absolute Gasteiger partial charge is 0.255 e. The molecule has 1 fully saturated rings. The molecule has 1 heterocycles. The van der Waals surface area contributed by atoms with Crippen molar-refractivity contribution in [1.82, 2.24) is 9.97 Å². The van der Waals surface area contributed by atoms with Gasteiger partial charge < -0.3 is 36.0 Å². The van der Waals surface area contributed by atoms with E-state index in [1.807, 2.05) is 32.0 Å². The fourth-order valence-corrected chi connectivity index (χ4v) is 6.16. The van der Waals surface area contributed by atoms with Gasteiger partial charge in [0.15, 0.2) is 11.4 Å². The summed E-state index contributed by atoms with van der Waals surface area (Å²) in [5.74, 6) is -5.59. The molecule has 5 rings (SSSR count). The molecular formula is C27H30N4O7. The van der Waals surface area contributed by atoms with Gasteiger partial charge in [-0.25, -0.2) is 4.98 Å². The normalized spacial score (nSPS) is 24.7. The van der Waals surface area contributed by atoms with Crippen molar-refractivity contribution in [3.05, 3.63) is 57.4 Å². The number of aromatic nitrogens is 2. The number of aliphatic hydroxyl groups is 3. The minimum atomic E-state index is -2.58. The fraction of sp³-hybridized carbons (Fsp3) is 0.407. The Balaban J connectivity index is 1.64. The van der Waals surface area contributed by atoms with Crippen LogP contribution in [0.5, 0.6) is 5.75 Å². The molecule has 1 aromatic heterocycles. The summed E-state index contributed by atoms with van der Waals surface area (Å²) in [6.45, 7) is 1.89. The molecule has 1 aromatic carbocycles. The molecule has 3 aliphatic rings. The van der Waals surface area contributed by atoms with Crippen LogP contribution in [0.25, 0.3) is 5.76 Å². The van der Waals surface area contributed by atoms with E-state index in [0.29, 0.717) is 24.0 Å². The molecular weight excluding hydrogens is 492 g/mol. The Hall–Kier alpha value is -4.12. The van der Waals surface area contributed by atoms with Crippen LogP contribution in [0.2, 0.25) is 0 Å². The SMILES string of the molecule is Cc1cnc(CCc2cc(N(C)C)c3c(c2O)C(O)=C2C(=O)[C@]4(O)C(O)=C(C(N)=O)C(=O)C[C@@H]4C[C@@H]2C3)[nH]1. The van der Waals surface area contributed by atoms with Crippen LogP contribution in [-0.4, -0.2) is 67.6 Å². The second kappa shape index (κ2) is 8.73. The number of ketones is 2. The van der Waals surface area contributed by atoms with Crippen molar-refractivity contribution in [2.75, 3.05) is 19.0 Å². The third kappa shape index (κ3) is 3.60. The largest absolute Gasteiger partial charge is 0.508 e. The molecule has 38 heavy (non-hydrogen) atoms. The molecule has 3 atom stereocenters. The molecule has 1 amide bonds. The number of phenolic OH excluding ortho intramolecular Hbond substituents is 1. The quantitative estimate of drug-likeness (QED) is 0.314. The number of hydrogen-bond acceptors (Lipinski definition) is 9. The van der Waals surface area contributed by atoms with Gasteiger partial charge in [-0.15, -0.1) is 0 Å². The van der Waals surface area contributed by atoms with Gasteiger partial charge in [0.25, 0.3) is 5.91 Å². The summed E-state index contributed by atoms with van der Waals surface area (Å²) < 4.78 is 0. The lowest BCUT2D eigenvalue weighted by Crippen LogP contribution is -2.58. The first-order valence-electron chi connectivity index (χ1n) is 12.4. The van der Waals surface area contributed by atoms with E-state index in [0.717, 1.165) is 17.2 Å². The van der Waals surface area contributed by atoms with E-state index in [4.69, 9.17) is 5.73 Å². The number of benzene rings is 1. The number of nitrogens with zero attached hydrogens (tertiary/aromatic N) is 2. The summed E-state index contributed by atoms with van der Waals surface area (Å²) in [5.41, 5.74) is 4.63. The number of fused-ring (bicyclic) bond motifs is 3. The molecule has 200 valence electrons. The van der Waals surface area contributed by atoms with E-state index in [9.17, 15) is 34.8 Å². The highest BCUT2D eigenvalue weighted by atomic mass is 16.3. The summed E-state index contributed by atoms with van der Waals surface area (Å²) in [6, 6.07) is 1.85. The Morgan fingerprint density at radius 2 is 1.92 bits per heavy atom. The number of aliphatic hydroxyl groups excluding tert-OH is 2. The number of anilines is 1. The van der Waals surface area contributed by atoms with Gasteiger partial charge in [-0.1, -0.05) is 0 Å². The molecule has 11 nitrogen and oxygen atoms in total. The number of aryl methyl sites for hydroxylation is 3. The molecule has 7 N–H and O–H groups in total. The zero-order valence-corrected chi connectivity index (χ0v) is 21.3. The average Bonchev–Trinajstić information content (AvgIpc) is 3.25. The van der Waals surface area contributed by atoms with Crippen molar-refractivity contribution in [3.63, 3.8) is 0 Å². The van der Waals surface area contributed by atoms with E-state index in [1.54, 1.807) is 6.20 Å². The number of aromatic amines is 1. The highest BCUT2D eigenvalue weighted by Crippen LogP contribution is 2.53. The minimum absolute atomic E-state index is 0.0916. The van der Waals surface area contributed by atoms with Crippen LogP contribution >= 0.6 is 0 Å². The van der Waals surface area contributed by atoms with Crippen LogP contribution < -0.4 is 10.6 Å². The predicted octanol–water partition coefficient (Wildman–Crippen LogP) is 1.31. The molecule has 0 radical (unpaired) electrons. The Morgan fingerprint density at radius 1 is 1.21 bits per heavy atom. The Labute approximate surface area is 218 Å². The number of phenols is 1. The molecule has 3 aliphatic carbocycles. The number of Topliss-reactive ketones (excluding diaryl/α,β-unsaturated/α-hetero) is 2. The molecule has 11 heteroatoms. The van der Waals surface area contributed by atoms with E-state index >= 15 is 0 Å². The minimum Gasteiger partial charge on any atom is -0.508 e. The van der Waals surface area contributed by atoms with Gasteiger partial charge in [0.2, 0.25) is 5.78 Å². The van der Waals surface area contributed by atoms with Gasteiger partial charge in [-0.05, 0) is 49.3 Å². The summed E-state index contributed by atoms with van der Waals surface area (Å²) >= 11 is 0. The zero-order chi connectivity index (χ0) is 27.7. The molecule has 0 saturated heterocycles. The van der Waals surface area contributed by atoms with Crippen LogP contribution in [-0.2, 0) is 33.6 Å². The van der Waals surface area contributed by atoms with Gasteiger partial charge in [0.05, 0.1) is 5.56 Å². The van der Waals surface area contributed by atoms with E-state index in [2.05, 4.69) is 9.97 Å². The fourth-order valence-electron chi connectivity index (χ4n) is 6.16. The number of primary amides is 1. The maximum absolute atomic E-state index is 13.7. The van der Waals surface area contributed by atoms with Crippen molar-refractivity contribution in [3.8, 4) is 5.75 Å². The standard InChI is InChI=1S/C27H30N4O7/c1-11-10-29-18(30-11)5-4-12-8-16(31(2)3)15-7-13-6-14-9-17(32)21(26(28)37)25(36)27(14,38)24(35)19(13)23(34)20(15)22(12)33/h8,10,13-14,33-34,36,38H,4-7,9H2,1-3H3,(H2,28,37)(H,29,30)/t13-,14+,27+/m1/s1. The first-order chi connectivity index (χ1) is 17.9. The molecule has 2 aromatic rings. The van der Waals surface area contributed by atoms with Crippen LogP contribution in [0.3, 0.4) is 0 Å². The van der Waals surface area contributed by atoms with Crippen molar-refractivity contribution in [2.45, 2.75) is 44.6 Å². The number of nitrogens with one attached hydrogen (secondary N) is 1. The van der Waals surface area contributed by atoms with Crippen molar-refractivity contribution < 1.29 is 34.8 Å². The average molecular weight is 523 g/mol. The zero-order valence-electron chi connectivity index (χ0n) is 21.3. The van der Waals surface area contributed by atoms with Crippen molar-refractivity contribution in [1.29, 1.82) is 0 Å². The Kier molecular flexibility index (Phi) is 5.86. The number of imidazole rings is 1. The van der Waals surface area contributed by atoms with E-state index < -0.39 is 52.0 Å². The predicted molar refractivity (Wildman–Crippen MR) is 136 cm³/mol. The van der Waals surface area contributed by atoms with E-state index in [-0.39, 0.29) is 36.1 Å². The van der Waals surface area contributed by atoms with Crippen LogP contribution in [0, 0.1) is 18.8 Å². The lowest BCUT2D eigenvalue weighted by atomic mass is 9.59. The third-order valence-electron chi connectivity index (χ3n) is 7.99. The summed E-state index contributed by atoms with van der Waals surface area (Å²) in [4.78, 5) is 47.3. The van der Waals surface area contributed by atoms with Gasteiger partial charge in [0, 0.05) is 56.0 Å². The van der Waals surface area contributed by atoms with Crippen LogP contribution in [0.4, 0.5) is 5.69 Å². The number of hydrogen-bond donors (Lipinski definition) is 6. The monoisotopic (exact) mass is 522 g/mol. The number of H-pyrrole nitrogens is 1. The Bertz CT molecular complexity index is 1470. The molecule has 1 saturated carbocycles. The number of carbonyl (C=O) groups is 3. The number of amides is 1. The highest BCUT2D eigenvalue weighted by molar-refractivity contribution is 6.22. The van der Waals surface area contributed by atoms with Gasteiger partial charge >= 0.3 is 0 Å². The van der Waals surface area contributed by atoms with Gasteiger partial charge in [0.1, 0.15) is 28.7 Å². The maximum Gasteiger partial charge on any atom is 0.255 e. The lowest BCUT2D eigenvalue weighted by Gasteiger charge is -2.46. The van der Waals surface area contributed by atoms with Crippen molar-refractivity contribution >= 4 is 28.9 Å².